The predicted octanol–water partition coefficient (Wildman–Crippen LogP) is 2.59. The number of carbonyl (C=O) groups is 2. The maximum atomic E-state index is 12.6. The van der Waals surface area contributed by atoms with Gasteiger partial charge in [-0.3, -0.25) is 14.5 Å². The van der Waals surface area contributed by atoms with Crippen LogP contribution >= 0.6 is 0 Å². The van der Waals surface area contributed by atoms with E-state index in [1.54, 1.807) is 6.08 Å². The maximum absolute atomic E-state index is 12.6. The third kappa shape index (κ3) is 2.67. The molecule has 1 saturated carbocycles. The van der Waals surface area contributed by atoms with E-state index in [2.05, 4.69) is 11.9 Å². The number of unbranched alkanes of at least 4 members (excludes halogenated alkanes) is 1. The van der Waals surface area contributed by atoms with Crippen LogP contribution in [0.3, 0.4) is 0 Å². The molecule has 2 rings (SSSR count). The summed E-state index contributed by atoms with van der Waals surface area (Å²) in [6.45, 7) is 4.00. The number of hydrogen-bond acceptors (Lipinski definition) is 4. The van der Waals surface area contributed by atoms with E-state index in [0.717, 1.165) is 38.5 Å². The highest BCUT2D eigenvalue weighted by Crippen LogP contribution is 2.44. The molecular formula is C16H24N2O3. The quantitative estimate of drug-likeness (QED) is 0.327. The first-order valence-corrected chi connectivity index (χ1v) is 8.05. The van der Waals surface area contributed by atoms with E-state index in [9.17, 15) is 14.4 Å². The van der Waals surface area contributed by atoms with Crippen LogP contribution in [0.15, 0.2) is 4.99 Å². The van der Waals surface area contributed by atoms with Gasteiger partial charge in [0.2, 0.25) is 17.9 Å². The lowest BCUT2D eigenvalue weighted by atomic mass is 9.70. The van der Waals surface area contributed by atoms with Crippen LogP contribution in [-0.2, 0) is 14.4 Å². The number of likely N-dealkylation sites (tertiary alicyclic amines) is 1. The Morgan fingerprint density at radius 1 is 1.19 bits per heavy atom. The van der Waals surface area contributed by atoms with Crippen LogP contribution < -0.4 is 0 Å². The van der Waals surface area contributed by atoms with Gasteiger partial charge in [0, 0.05) is 6.04 Å². The minimum Gasteiger partial charge on any atom is -0.278 e. The molecule has 0 aromatic heterocycles. The lowest BCUT2D eigenvalue weighted by Gasteiger charge is -2.50. The third-order valence-corrected chi connectivity index (χ3v) is 5.08. The van der Waals surface area contributed by atoms with E-state index in [0.29, 0.717) is 12.8 Å². The molecular weight excluding hydrogens is 268 g/mol. The van der Waals surface area contributed by atoms with Crippen LogP contribution in [0, 0.1) is 5.41 Å². The van der Waals surface area contributed by atoms with Crippen molar-refractivity contribution in [2.75, 3.05) is 0 Å². The van der Waals surface area contributed by atoms with Crippen molar-refractivity contribution in [1.82, 2.24) is 4.90 Å². The summed E-state index contributed by atoms with van der Waals surface area (Å²) in [5, 5.41) is 0. The fraction of sp³-hybridized carbons (Fsp3) is 0.812. The summed E-state index contributed by atoms with van der Waals surface area (Å²) < 4.78 is 0. The number of β-lactam (4-membered cyclic amide) rings is 2. The van der Waals surface area contributed by atoms with Crippen molar-refractivity contribution in [2.24, 2.45) is 10.4 Å². The molecule has 1 heterocycles. The summed E-state index contributed by atoms with van der Waals surface area (Å²) in [6, 6.07) is 0.0191. The highest BCUT2D eigenvalue weighted by molar-refractivity contribution is 6.21. The van der Waals surface area contributed by atoms with Gasteiger partial charge in [-0.15, -0.1) is 0 Å². The highest BCUT2D eigenvalue weighted by atomic mass is 16.2. The van der Waals surface area contributed by atoms with Gasteiger partial charge in [0.25, 0.3) is 0 Å². The molecule has 5 heteroatoms. The van der Waals surface area contributed by atoms with Crippen molar-refractivity contribution in [3.63, 3.8) is 0 Å². The molecule has 0 aromatic rings. The molecule has 0 aromatic carbocycles. The summed E-state index contributed by atoms with van der Waals surface area (Å²) in [4.78, 5) is 40.6. The van der Waals surface area contributed by atoms with E-state index in [4.69, 9.17) is 0 Å². The van der Waals surface area contributed by atoms with E-state index in [1.807, 2.05) is 6.92 Å². The average Bonchev–Trinajstić information content (AvgIpc) is 2.50. The zero-order valence-corrected chi connectivity index (χ0v) is 12.9. The van der Waals surface area contributed by atoms with Gasteiger partial charge in [0.15, 0.2) is 0 Å². The Hall–Kier alpha value is -1.48. The van der Waals surface area contributed by atoms with E-state index in [1.165, 1.54) is 4.90 Å². The first-order chi connectivity index (χ1) is 10.1. The topological polar surface area (TPSA) is 66.8 Å². The summed E-state index contributed by atoms with van der Waals surface area (Å²) >= 11 is 0. The minimum absolute atomic E-state index is 0.00408. The fourth-order valence-electron chi connectivity index (χ4n) is 3.62. The van der Waals surface area contributed by atoms with E-state index in [-0.39, 0.29) is 23.9 Å². The highest BCUT2D eigenvalue weighted by Gasteiger charge is 2.60. The summed E-state index contributed by atoms with van der Waals surface area (Å²) in [6.07, 6.45) is 7.81. The second-order valence-electron chi connectivity index (χ2n) is 6.20. The van der Waals surface area contributed by atoms with Crippen molar-refractivity contribution in [3.05, 3.63) is 0 Å². The van der Waals surface area contributed by atoms with Gasteiger partial charge in [-0.1, -0.05) is 26.7 Å². The molecule has 2 amide bonds. The first-order valence-electron chi connectivity index (χ1n) is 8.05. The molecule has 0 spiro atoms. The SMILES string of the molecule is CCCCC1(CC)C(=O)N(C2CCC(N=C=O)CC2)C1=O. The van der Waals surface area contributed by atoms with Crippen LogP contribution in [0.2, 0.25) is 0 Å². The molecule has 1 aliphatic heterocycles. The second kappa shape index (κ2) is 6.52. The number of hydrogen-bond donors (Lipinski definition) is 0. The second-order valence-corrected chi connectivity index (χ2v) is 6.20. The van der Waals surface area contributed by atoms with Gasteiger partial charge in [0.1, 0.15) is 5.41 Å². The van der Waals surface area contributed by atoms with Crippen LogP contribution in [0.5, 0.6) is 0 Å². The Morgan fingerprint density at radius 2 is 1.81 bits per heavy atom. The van der Waals surface area contributed by atoms with Crippen molar-refractivity contribution in [3.8, 4) is 0 Å². The Morgan fingerprint density at radius 3 is 2.29 bits per heavy atom. The number of imide groups is 1. The first kappa shape index (κ1) is 15.9. The van der Waals surface area contributed by atoms with Crippen molar-refractivity contribution < 1.29 is 14.4 Å². The van der Waals surface area contributed by atoms with E-state index >= 15 is 0 Å². The predicted molar refractivity (Wildman–Crippen MR) is 78.3 cm³/mol. The van der Waals surface area contributed by atoms with Gasteiger partial charge in [-0.2, -0.15) is 0 Å². The average molecular weight is 292 g/mol. The third-order valence-electron chi connectivity index (χ3n) is 5.08. The maximum Gasteiger partial charge on any atom is 0.245 e. The Labute approximate surface area is 125 Å². The van der Waals surface area contributed by atoms with Gasteiger partial charge >= 0.3 is 0 Å². The van der Waals surface area contributed by atoms with Crippen LogP contribution in [-0.4, -0.2) is 34.9 Å². The Balaban J connectivity index is 1.99. The lowest BCUT2D eigenvalue weighted by Crippen LogP contribution is -2.69. The molecule has 116 valence electrons. The number of carbonyl (C=O) groups excluding carboxylic acids is 3. The van der Waals surface area contributed by atoms with Crippen LogP contribution in [0.4, 0.5) is 0 Å². The molecule has 2 aliphatic rings. The number of rotatable bonds is 6. The van der Waals surface area contributed by atoms with Crippen LogP contribution in [0.1, 0.15) is 65.2 Å². The molecule has 0 radical (unpaired) electrons. The van der Waals surface area contributed by atoms with Crippen LogP contribution in [0.25, 0.3) is 0 Å². The summed E-state index contributed by atoms with van der Waals surface area (Å²) in [5.74, 6) is 0.0385. The number of isocyanates is 1. The Kier molecular flexibility index (Phi) is 4.94. The molecule has 2 fully saturated rings. The van der Waals surface area contributed by atoms with Gasteiger partial charge in [0.05, 0.1) is 6.04 Å². The monoisotopic (exact) mass is 292 g/mol. The number of amides is 2. The zero-order valence-electron chi connectivity index (χ0n) is 12.9. The normalized spacial score (nSPS) is 28.0. The largest absolute Gasteiger partial charge is 0.278 e. The summed E-state index contributed by atoms with van der Waals surface area (Å²) in [5.41, 5.74) is -0.742. The van der Waals surface area contributed by atoms with Gasteiger partial charge in [-0.25, -0.2) is 9.79 Å². The standard InChI is InChI=1S/C16H24N2O3/c1-3-5-10-16(4-2)14(20)18(15(16)21)13-8-6-12(7-9-13)17-11-19/h12-13H,3-10H2,1-2H3. The fourth-order valence-corrected chi connectivity index (χ4v) is 3.62. The van der Waals surface area contributed by atoms with Crippen molar-refractivity contribution in [2.45, 2.75) is 77.3 Å². The molecule has 0 N–H and O–H groups in total. The molecule has 0 unspecified atom stereocenters. The zero-order chi connectivity index (χ0) is 15.5. The molecule has 1 saturated heterocycles. The minimum atomic E-state index is -0.742. The summed E-state index contributed by atoms with van der Waals surface area (Å²) in [7, 11) is 0. The molecule has 0 bridgehead atoms. The molecule has 21 heavy (non-hydrogen) atoms. The van der Waals surface area contributed by atoms with Gasteiger partial charge in [-0.05, 0) is 38.5 Å². The number of nitrogens with zero attached hydrogens (tertiary/aromatic N) is 2. The van der Waals surface area contributed by atoms with Crippen molar-refractivity contribution in [1.29, 1.82) is 0 Å². The van der Waals surface area contributed by atoms with Crippen molar-refractivity contribution >= 4 is 17.9 Å². The molecule has 5 nitrogen and oxygen atoms in total. The molecule has 1 aliphatic carbocycles. The number of aliphatic imine (C=N–C) groups is 1. The smallest absolute Gasteiger partial charge is 0.245 e. The Bertz CT molecular complexity index is 444. The molecule has 0 atom stereocenters. The lowest BCUT2D eigenvalue weighted by molar-refractivity contribution is -0.182. The van der Waals surface area contributed by atoms with E-state index < -0.39 is 5.41 Å². The van der Waals surface area contributed by atoms with Gasteiger partial charge < -0.3 is 0 Å².